The van der Waals surface area contributed by atoms with Gasteiger partial charge in [0.1, 0.15) is 0 Å². The van der Waals surface area contributed by atoms with E-state index >= 15 is 0 Å². The average molecular weight is 386 g/mol. The van der Waals surface area contributed by atoms with Gasteiger partial charge in [-0.1, -0.05) is 34.1 Å². The van der Waals surface area contributed by atoms with E-state index in [0.717, 1.165) is 16.6 Å². The lowest BCUT2D eigenvalue weighted by Gasteiger charge is -2.07. The second kappa shape index (κ2) is 7.98. The Balaban J connectivity index is 1.76. The van der Waals surface area contributed by atoms with Gasteiger partial charge in [0.25, 0.3) is 0 Å². The first-order valence-corrected chi connectivity index (χ1v) is 9.77. The Hall–Kier alpha value is -0.820. The van der Waals surface area contributed by atoms with Crippen LogP contribution in [0.4, 0.5) is 0 Å². The second-order valence-electron chi connectivity index (χ2n) is 4.37. The van der Waals surface area contributed by atoms with Gasteiger partial charge in [0, 0.05) is 15.9 Å². The molecule has 0 saturated heterocycles. The molecule has 21 heavy (non-hydrogen) atoms. The molecule has 0 amide bonds. The van der Waals surface area contributed by atoms with Gasteiger partial charge in [0.2, 0.25) is 10.0 Å². The molecule has 0 atom stereocenters. The first-order valence-electron chi connectivity index (χ1n) is 6.51. The average Bonchev–Trinajstić information content (AvgIpc) is 2.48. The molecule has 0 unspecified atom stereocenters. The molecule has 112 valence electrons. The van der Waals surface area contributed by atoms with Gasteiger partial charge in [-0.2, -0.15) is 0 Å². The molecule has 0 radical (unpaired) electrons. The predicted octanol–water partition coefficient (Wildman–Crippen LogP) is 3.91. The normalized spacial score (nSPS) is 11.5. The summed E-state index contributed by atoms with van der Waals surface area (Å²) >= 11 is 5.02. The van der Waals surface area contributed by atoms with Crippen LogP contribution in [0.1, 0.15) is 6.42 Å². The van der Waals surface area contributed by atoms with Crippen molar-refractivity contribution in [3.8, 4) is 0 Å². The van der Waals surface area contributed by atoms with Gasteiger partial charge < -0.3 is 0 Å². The number of thioether (sulfide) groups is 1. The molecule has 0 aliphatic heterocycles. The van der Waals surface area contributed by atoms with Crippen molar-refractivity contribution in [3.63, 3.8) is 0 Å². The fraction of sp³-hybridized carbons (Fsp3) is 0.200. The van der Waals surface area contributed by atoms with Crippen molar-refractivity contribution in [2.24, 2.45) is 0 Å². The Labute approximate surface area is 138 Å². The highest BCUT2D eigenvalue weighted by atomic mass is 79.9. The van der Waals surface area contributed by atoms with Gasteiger partial charge in [-0.3, -0.25) is 0 Å². The zero-order chi connectivity index (χ0) is 15.1. The number of sulfonamides is 1. The Kier molecular flexibility index (Phi) is 6.29. The Morgan fingerprint density at radius 3 is 2.33 bits per heavy atom. The maximum Gasteiger partial charge on any atom is 0.240 e. The van der Waals surface area contributed by atoms with E-state index in [9.17, 15) is 8.42 Å². The highest BCUT2D eigenvalue weighted by molar-refractivity contribution is 9.10. The molecule has 0 saturated carbocycles. The van der Waals surface area contributed by atoms with Crippen molar-refractivity contribution in [3.05, 3.63) is 59.1 Å². The number of benzene rings is 2. The maximum absolute atomic E-state index is 12.0. The summed E-state index contributed by atoms with van der Waals surface area (Å²) in [5, 5.41) is 0. The first kappa shape index (κ1) is 16.5. The Bertz CT molecular complexity index is 658. The van der Waals surface area contributed by atoms with Crippen LogP contribution in [0.3, 0.4) is 0 Å². The number of rotatable bonds is 7. The second-order valence-corrected chi connectivity index (χ2v) is 8.22. The molecule has 6 heteroatoms. The zero-order valence-corrected chi connectivity index (χ0v) is 14.5. The standard InChI is InChI=1S/C15H16BrNO2S2/c16-13-7-9-15(10-8-13)21(18,19)17-11-4-12-20-14-5-2-1-3-6-14/h1-3,5-10,17H,4,11-12H2. The number of hydrogen-bond donors (Lipinski definition) is 1. The van der Waals surface area contributed by atoms with E-state index in [1.54, 1.807) is 36.0 Å². The van der Waals surface area contributed by atoms with Crippen LogP contribution in [-0.4, -0.2) is 20.7 Å². The quantitative estimate of drug-likeness (QED) is 0.580. The minimum absolute atomic E-state index is 0.293. The number of hydrogen-bond acceptors (Lipinski definition) is 3. The van der Waals surface area contributed by atoms with E-state index in [4.69, 9.17) is 0 Å². The summed E-state index contributed by atoms with van der Waals surface area (Å²) < 4.78 is 27.6. The fourth-order valence-electron chi connectivity index (χ4n) is 1.68. The van der Waals surface area contributed by atoms with Gasteiger partial charge in [-0.15, -0.1) is 11.8 Å². The third-order valence-electron chi connectivity index (χ3n) is 2.75. The van der Waals surface area contributed by atoms with Crippen LogP contribution in [-0.2, 0) is 10.0 Å². The SMILES string of the molecule is O=S(=O)(NCCCSc1ccccc1)c1ccc(Br)cc1. The molecule has 0 spiro atoms. The maximum atomic E-state index is 12.0. The van der Waals surface area contributed by atoms with Gasteiger partial charge in [0.15, 0.2) is 0 Å². The van der Waals surface area contributed by atoms with E-state index in [1.807, 2.05) is 18.2 Å². The lowest BCUT2D eigenvalue weighted by Crippen LogP contribution is -2.25. The molecule has 2 rings (SSSR count). The highest BCUT2D eigenvalue weighted by Crippen LogP contribution is 2.18. The van der Waals surface area contributed by atoms with Crippen molar-refractivity contribution in [1.82, 2.24) is 4.72 Å². The molecule has 3 nitrogen and oxygen atoms in total. The summed E-state index contributed by atoms with van der Waals surface area (Å²) in [4.78, 5) is 1.50. The summed E-state index contributed by atoms with van der Waals surface area (Å²) in [5.41, 5.74) is 0. The van der Waals surface area contributed by atoms with Crippen molar-refractivity contribution in [2.75, 3.05) is 12.3 Å². The molecule has 0 aliphatic carbocycles. The molecule has 0 bridgehead atoms. The summed E-state index contributed by atoms with van der Waals surface area (Å²) in [6.45, 7) is 0.443. The molecule has 0 aliphatic rings. The van der Waals surface area contributed by atoms with Crippen LogP contribution in [0.25, 0.3) is 0 Å². The van der Waals surface area contributed by atoms with Gasteiger partial charge in [-0.05, 0) is 48.6 Å². The largest absolute Gasteiger partial charge is 0.240 e. The summed E-state index contributed by atoms with van der Waals surface area (Å²) in [5.74, 6) is 0.882. The third-order valence-corrected chi connectivity index (χ3v) is 5.85. The van der Waals surface area contributed by atoms with Crippen LogP contribution in [0.15, 0.2) is 68.9 Å². The van der Waals surface area contributed by atoms with Gasteiger partial charge in [0.05, 0.1) is 4.90 Å². The summed E-state index contributed by atoms with van der Waals surface area (Å²) in [6.07, 6.45) is 0.787. The van der Waals surface area contributed by atoms with Crippen LogP contribution >= 0.6 is 27.7 Å². The first-order chi connectivity index (χ1) is 10.1. The minimum atomic E-state index is -3.40. The third kappa shape index (κ3) is 5.47. The summed E-state index contributed by atoms with van der Waals surface area (Å²) in [7, 11) is -3.40. The van der Waals surface area contributed by atoms with E-state index in [1.165, 1.54) is 4.90 Å². The number of halogens is 1. The van der Waals surface area contributed by atoms with E-state index in [2.05, 4.69) is 32.8 Å². The molecule has 0 fully saturated rings. The van der Waals surface area contributed by atoms with Crippen LogP contribution in [0.2, 0.25) is 0 Å². The van der Waals surface area contributed by atoms with Crippen LogP contribution in [0.5, 0.6) is 0 Å². The van der Waals surface area contributed by atoms with E-state index < -0.39 is 10.0 Å². The number of nitrogens with one attached hydrogen (secondary N) is 1. The van der Waals surface area contributed by atoms with Crippen molar-refractivity contribution in [2.45, 2.75) is 16.2 Å². The lowest BCUT2D eigenvalue weighted by molar-refractivity contribution is 0.581. The topological polar surface area (TPSA) is 46.2 Å². The van der Waals surface area contributed by atoms with E-state index in [-0.39, 0.29) is 0 Å². The fourth-order valence-corrected chi connectivity index (χ4v) is 3.89. The Morgan fingerprint density at radius 1 is 1.00 bits per heavy atom. The van der Waals surface area contributed by atoms with Crippen LogP contribution < -0.4 is 4.72 Å². The summed E-state index contributed by atoms with van der Waals surface area (Å²) in [6, 6.07) is 16.7. The molecule has 0 aromatic heterocycles. The van der Waals surface area contributed by atoms with Crippen molar-refractivity contribution < 1.29 is 8.42 Å². The Morgan fingerprint density at radius 2 is 1.67 bits per heavy atom. The molecular weight excluding hydrogens is 370 g/mol. The predicted molar refractivity (Wildman–Crippen MR) is 91.1 cm³/mol. The molecular formula is C15H16BrNO2S2. The van der Waals surface area contributed by atoms with Crippen molar-refractivity contribution in [1.29, 1.82) is 0 Å². The molecule has 2 aromatic rings. The van der Waals surface area contributed by atoms with Gasteiger partial charge in [-0.25, -0.2) is 13.1 Å². The smallest absolute Gasteiger partial charge is 0.211 e. The lowest BCUT2D eigenvalue weighted by atomic mass is 10.4. The molecule has 1 N–H and O–H groups in total. The van der Waals surface area contributed by atoms with E-state index in [0.29, 0.717) is 11.4 Å². The van der Waals surface area contributed by atoms with Crippen LogP contribution in [0, 0.1) is 0 Å². The van der Waals surface area contributed by atoms with Gasteiger partial charge >= 0.3 is 0 Å². The minimum Gasteiger partial charge on any atom is -0.211 e. The zero-order valence-electron chi connectivity index (χ0n) is 11.3. The monoisotopic (exact) mass is 385 g/mol. The molecule has 0 heterocycles. The highest BCUT2D eigenvalue weighted by Gasteiger charge is 2.12. The van der Waals surface area contributed by atoms with Crippen molar-refractivity contribution >= 4 is 37.7 Å². The molecule has 2 aromatic carbocycles.